The van der Waals surface area contributed by atoms with Crippen LogP contribution in [0, 0.1) is 0 Å². The van der Waals surface area contributed by atoms with Gasteiger partial charge < -0.3 is 25.7 Å². The second-order valence-corrected chi connectivity index (χ2v) is 8.18. The first-order valence-electron chi connectivity index (χ1n) is 10.6. The SMILES string of the molecule is CC(O)(C(=O)NCC(F)(F)C(F)(F)F)C(=O)N[C@H]1C(=O)N(CCO)c2ccccc2-c2ccccc21. The fourth-order valence-corrected chi connectivity index (χ4v) is 3.65. The van der Waals surface area contributed by atoms with E-state index in [0.717, 1.165) is 0 Å². The number of carbonyl (C=O) groups is 3. The number of alkyl halides is 5. The Labute approximate surface area is 201 Å². The normalized spacial score (nSPS) is 17.4. The minimum Gasteiger partial charge on any atom is -0.395 e. The number of hydrogen-bond acceptors (Lipinski definition) is 5. The molecule has 0 fully saturated rings. The van der Waals surface area contributed by atoms with Gasteiger partial charge in [-0.1, -0.05) is 42.5 Å². The zero-order valence-electron chi connectivity index (χ0n) is 18.8. The Morgan fingerprint density at radius 3 is 2.17 bits per heavy atom. The average molecular weight is 515 g/mol. The maximum atomic E-state index is 13.5. The van der Waals surface area contributed by atoms with E-state index in [9.17, 15) is 46.5 Å². The van der Waals surface area contributed by atoms with Crippen molar-refractivity contribution in [2.75, 3.05) is 24.6 Å². The summed E-state index contributed by atoms with van der Waals surface area (Å²) in [6.07, 6.45) is -5.96. The van der Waals surface area contributed by atoms with Gasteiger partial charge in [0.05, 0.1) is 18.8 Å². The van der Waals surface area contributed by atoms with E-state index in [1.807, 2.05) is 0 Å². The molecule has 0 spiro atoms. The second-order valence-electron chi connectivity index (χ2n) is 8.18. The van der Waals surface area contributed by atoms with Crippen molar-refractivity contribution in [2.24, 2.45) is 0 Å². The van der Waals surface area contributed by atoms with Crippen LogP contribution in [0.25, 0.3) is 11.1 Å². The first-order chi connectivity index (χ1) is 16.7. The van der Waals surface area contributed by atoms with Crippen LogP contribution in [0.3, 0.4) is 0 Å². The third-order valence-corrected chi connectivity index (χ3v) is 5.64. The molecule has 0 radical (unpaired) electrons. The minimum atomic E-state index is -5.96. The topological polar surface area (TPSA) is 119 Å². The van der Waals surface area contributed by atoms with E-state index in [1.54, 1.807) is 42.5 Å². The summed E-state index contributed by atoms with van der Waals surface area (Å²) in [5.74, 6) is -9.39. The van der Waals surface area contributed by atoms with Gasteiger partial charge in [-0.05, 0) is 24.1 Å². The Morgan fingerprint density at radius 1 is 0.972 bits per heavy atom. The lowest BCUT2D eigenvalue weighted by molar-refractivity contribution is -0.278. The molecule has 1 aliphatic rings. The van der Waals surface area contributed by atoms with Crippen molar-refractivity contribution in [1.82, 2.24) is 10.6 Å². The van der Waals surface area contributed by atoms with Gasteiger partial charge in [0.15, 0.2) is 0 Å². The monoisotopic (exact) mass is 515 g/mol. The molecular formula is C23H22F5N3O5. The highest BCUT2D eigenvalue weighted by Gasteiger charge is 2.58. The summed E-state index contributed by atoms with van der Waals surface area (Å²) in [6.45, 7) is -2.22. The van der Waals surface area contributed by atoms with Gasteiger partial charge >= 0.3 is 12.1 Å². The van der Waals surface area contributed by atoms with Crippen LogP contribution in [0.4, 0.5) is 27.6 Å². The molecule has 194 valence electrons. The lowest BCUT2D eigenvalue weighted by Crippen LogP contribution is -2.59. The lowest BCUT2D eigenvalue weighted by atomic mass is 9.94. The molecule has 2 aromatic rings. The van der Waals surface area contributed by atoms with E-state index >= 15 is 0 Å². The van der Waals surface area contributed by atoms with Crippen LogP contribution in [0.1, 0.15) is 18.5 Å². The van der Waals surface area contributed by atoms with Gasteiger partial charge in [-0.25, -0.2) is 0 Å². The number of nitrogens with one attached hydrogen (secondary N) is 2. The molecule has 36 heavy (non-hydrogen) atoms. The number of halogens is 5. The van der Waals surface area contributed by atoms with Crippen LogP contribution in [0.2, 0.25) is 0 Å². The quantitative estimate of drug-likeness (QED) is 0.332. The van der Waals surface area contributed by atoms with E-state index in [0.29, 0.717) is 23.7 Å². The Morgan fingerprint density at radius 2 is 1.56 bits per heavy atom. The van der Waals surface area contributed by atoms with Gasteiger partial charge in [0.2, 0.25) is 5.60 Å². The Bertz CT molecular complexity index is 1170. The molecule has 13 heteroatoms. The summed E-state index contributed by atoms with van der Waals surface area (Å²) in [4.78, 5) is 39.7. The number of aliphatic hydroxyl groups excluding tert-OH is 1. The van der Waals surface area contributed by atoms with Crippen LogP contribution in [-0.2, 0) is 14.4 Å². The molecule has 1 aliphatic heterocycles. The number of para-hydroxylation sites is 1. The summed E-state index contributed by atoms with van der Waals surface area (Å²) in [5, 5.41) is 23.4. The van der Waals surface area contributed by atoms with E-state index in [-0.39, 0.29) is 12.1 Å². The highest BCUT2D eigenvalue weighted by atomic mass is 19.4. The highest BCUT2D eigenvalue weighted by Crippen LogP contribution is 2.40. The van der Waals surface area contributed by atoms with E-state index in [2.05, 4.69) is 5.32 Å². The predicted octanol–water partition coefficient (Wildman–Crippen LogP) is 1.91. The van der Waals surface area contributed by atoms with Crippen molar-refractivity contribution in [3.05, 3.63) is 54.1 Å². The summed E-state index contributed by atoms with van der Waals surface area (Å²) < 4.78 is 63.5. The Hall–Kier alpha value is -3.58. The van der Waals surface area contributed by atoms with Gasteiger partial charge in [0, 0.05) is 12.1 Å². The number of β-amino-alcohol motifs (C(OH)–C–C–N with tert-alkyl or cyclic N) is 1. The first-order valence-corrected chi connectivity index (χ1v) is 10.6. The molecule has 0 bridgehead atoms. The van der Waals surface area contributed by atoms with Gasteiger partial charge in [0.1, 0.15) is 6.04 Å². The second kappa shape index (κ2) is 9.82. The molecule has 0 aliphatic carbocycles. The Balaban J connectivity index is 1.92. The van der Waals surface area contributed by atoms with Gasteiger partial charge in [-0.2, -0.15) is 22.0 Å². The fourth-order valence-electron chi connectivity index (χ4n) is 3.65. The molecule has 3 rings (SSSR count). The van der Waals surface area contributed by atoms with Crippen LogP contribution in [0.5, 0.6) is 0 Å². The number of amides is 3. The number of rotatable bonds is 7. The number of nitrogens with zero attached hydrogens (tertiary/aromatic N) is 1. The molecular weight excluding hydrogens is 493 g/mol. The van der Waals surface area contributed by atoms with Crippen molar-refractivity contribution in [1.29, 1.82) is 0 Å². The molecule has 2 aromatic carbocycles. The van der Waals surface area contributed by atoms with E-state index in [1.165, 1.54) is 16.3 Å². The first kappa shape index (κ1) is 27.0. The standard InChI is InChI=1S/C23H22F5N3O5/c1-21(36,19(34)29-12-22(24,25)23(26,27)28)20(35)30-17-15-8-3-2-6-13(15)14-7-4-5-9-16(14)31(10-11-32)18(17)33/h2-9,17,32,36H,10-12H2,1H3,(H,29,34)(H,30,35)/t17-,21?/m1/s1. The van der Waals surface area contributed by atoms with Crippen molar-refractivity contribution >= 4 is 23.4 Å². The molecule has 1 heterocycles. The fraction of sp³-hybridized carbons (Fsp3) is 0.348. The molecule has 1 unspecified atom stereocenters. The van der Waals surface area contributed by atoms with Crippen LogP contribution < -0.4 is 15.5 Å². The lowest BCUT2D eigenvalue weighted by Gasteiger charge is -2.29. The number of aliphatic hydroxyl groups is 2. The largest absolute Gasteiger partial charge is 0.455 e. The summed E-state index contributed by atoms with van der Waals surface area (Å²) >= 11 is 0. The maximum Gasteiger partial charge on any atom is 0.455 e. The number of hydrogen-bond donors (Lipinski definition) is 4. The van der Waals surface area contributed by atoms with Gasteiger partial charge in [0.25, 0.3) is 17.7 Å². The molecule has 0 aromatic heterocycles. The molecule has 0 saturated heterocycles. The molecule has 8 nitrogen and oxygen atoms in total. The summed E-state index contributed by atoms with van der Waals surface area (Å²) in [5.41, 5.74) is -1.33. The molecule has 0 saturated carbocycles. The number of benzene rings is 2. The van der Waals surface area contributed by atoms with Crippen molar-refractivity contribution < 1.29 is 46.5 Å². The molecule has 3 amide bonds. The molecule has 4 N–H and O–H groups in total. The average Bonchev–Trinajstić information content (AvgIpc) is 2.91. The van der Waals surface area contributed by atoms with E-state index in [4.69, 9.17) is 0 Å². The zero-order valence-corrected chi connectivity index (χ0v) is 18.8. The number of anilines is 1. The summed E-state index contributed by atoms with van der Waals surface area (Å²) in [6, 6.07) is 11.6. The van der Waals surface area contributed by atoms with Crippen LogP contribution in [-0.4, -0.2) is 65.3 Å². The Kier molecular flexibility index (Phi) is 7.37. The molecule has 2 atom stereocenters. The van der Waals surface area contributed by atoms with Gasteiger partial charge in [-0.3, -0.25) is 14.4 Å². The van der Waals surface area contributed by atoms with Crippen molar-refractivity contribution in [2.45, 2.75) is 30.7 Å². The highest BCUT2D eigenvalue weighted by molar-refractivity contribution is 6.11. The summed E-state index contributed by atoms with van der Waals surface area (Å²) in [7, 11) is 0. The third-order valence-electron chi connectivity index (χ3n) is 5.64. The maximum absolute atomic E-state index is 13.5. The smallest absolute Gasteiger partial charge is 0.395 e. The van der Waals surface area contributed by atoms with E-state index < -0.39 is 54.6 Å². The number of fused-ring (bicyclic) bond motifs is 3. The predicted molar refractivity (Wildman–Crippen MR) is 117 cm³/mol. The third kappa shape index (κ3) is 5.02. The van der Waals surface area contributed by atoms with Crippen LogP contribution >= 0.6 is 0 Å². The zero-order chi connectivity index (χ0) is 26.9. The van der Waals surface area contributed by atoms with Crippen molar-refractivity contribution in [3.63, 3.8) is 0 Å². The van der Waals surface area contributed by atoms with Crippen LogP contribution in [0.15, 0.2) is 48.5 Å². The minimum absolute atomic E-state index is 0.167. The van der Waals surface area contributed by atoms with Gasteiger partial charge in [-0.15, -0.1) is 0 Å². The van der Waals surface area contributed by atoms with Crippen molar-refractivity contribution in [3.8, 4) is 11.1 Å². The number of carbonyl (C=O) groups excluding carboxylic acids is 3.